The van der Waals surface area contributed by atoms with E-state index >= 15 is 0 Å². The highest BCUT2D eigenvalue weighted by Crippen LogP contribution is 2.37. The van der Waals surface area contributed by atoms with Crippen molar-refractivity contribution in [1.29, 1.82) is 0 Å². The van der Waals surface area contributed by atoms with E-state index < -0.39 is 16.7 Å². The number of carbonyl (C=O) groups excluding carboxylic acids is 2. The van der Waals surface area contributed by atoms with Gasteiger partial charge in [-0.3, -0.25) is 24.4 Å². The zero-order valence-electron chi connectivity index (χ0n) is 14.5. The third kappa shape index (κ3) is 3.19. The minimum Gasteiger partial charge on any atom is -0.365 e. The number of nitrogens with zero attached hydrogens (tertiary/aromatic N) is 3. The largest absolute Gasteiger partial charge is 0.365 e. The minimum atomic E-state index is -0.554. The molecule has 2 heterocycles. The number of hydrogen-bond acceptors (Lipinski definition) is 6. The Bertz CT molecular complexity index is 914. The Balaban J connectivity index is 1.83. The second kappa shape index (κ2) is 6.87. The van der Waals surface area contributed by atoms with Gasteiger partial charge in [-0.1, -0.05) is 0 Å². The van der Waals surface area contributed by atoms with E-state index in [1.54, 1.807) is 6.92 Å². The van der Waals surface area contributed by atoms with Crippen LogP contribution >= 0.6 is 11.3 Å². The first kappa shape index (κ1) is 18.1. The van der Waals surface area contributed by atoms with E-state index in [9.17, 15) is 19.7 Å². The molecule has 2 aromatic rings. The fourth-order valence-corrected chi connectivity index (χ4v) is 4.63. The van der Waals surface area contributed by atoms with Gasteiger partial charge in [0, 0.05) is 4.88 Å². The zero-order valence-corrected chi connectivity index (χ0v) is 15.3. The number of anilines is 1. The van der Waals surface area contributed by atoms with Crippen molar-refractivity contribution >= 4 is 33.8 Å². The van der Waals surface area contributed by atoms with Gasteiger partial charge < -0.3 is 11.1 Å². The molecule has 9 nitrogen and oxygen atoms in total. The van der Waals surface area contributed by atoms with E-state index in [-0.39, 0.29) is 17.9 Å². The van der Waals surface area contributed by atoms with Crippen LogP contribution in [0.2, 0.25) is 0 Å². The normalized spacial score (nSPS) is 13.3. The molecule has 2 amide bonds. The van der Waals surface area contributed by atoms with Crippen molar-refractivity contribution in [1.82, 2.24) is 9.78 Å². The molecule has 10 heteroatoms. The van der Waals surface area contributed by atoms with Gasteiger partial charge in [0.05, 0.1) is 10.5 Å². The first-order chi connectivity index (χ1) is 12.3. The fourth-order valence-electron chi connectivity index (χ4n) is 3.32. The number of carbonyl (C=O) groups is 2. The van der Waals surface area contributed by atoms with Crippen LogP contribution < -0.4 is 11.1 Å². The summed E-state index contributed by atoms with van der Waals surface area (Å²) in [6, 6.07) is 0. The molecule has 1 aliphatic rings. The highest BCUT2D eigenvalue weighted by molar-refractivity contribution is 7.17. The van der Waals surface area contributed by atoms with Crippen molar-refractivity contribution in [2.75, 3.05) is 5.32 Å². The maximum absolute atomic E-state index is 12.4. The molecule has 0 spiro atoms. The van der Waals surface area contributed by atoms with Crippen LogP contribution in [0.25, 0.3) is 0 Å². The number of hydrogen-bond donors (Lipinski definition) is 2. The standard InChI is InChI=1S/C16H19N5O4S/c1-8-14(21(24)25)9(2)20(19-8)7-12(22)18-16-13(15(17)23)10-5-3-4-6-11(10)26-16/h3-7H2,1-2H3,(H2,17,23)(H,18,22). The van der Waals surface area contributed by atoms with E-state index in [0.717, 1.165) is 36.1 Å². The minimum absolute atomic E-state index is 0.0952. The number of nitrogens with two attached hydrogens (primary N) is 1. The summed E-state index contributed by atoms with van der Waals surface area (Å²) in [6.07, 6.45) is 3.70. The highest BCUT2D eigenvalue weighted by Gasteiger charge is 2.26. The summed E-state index contributed by atoms with van der Waals surface area (Å²) in [7, 11) is 0. The SMILES string of the molecule is Cc1nn(CC(=O)Nc2sc3c(c2C(N)=O)CCCC3)c(C)c1[N+](=O)[O-]. The molecule has 0 atom stereocenters. The zero-order chi connectivity index (χ0) is 19.0. The molecule has 138 valence electrons. The number of nitro groups is 1. The van der Waals surface area contributed by atoms with Crippen LogP contribution in [0.4, 0.5) is 10.7 Å². The molecule has 1 aliphatic carbocycles. The lowest BCUT2D eigenvalue weighted by molar-refractivity contribution is -0.386. The molecule has 26 heavy (non-hydrogen) atoms. The van der Waals surface area contributed by atoms with Crippen molar-refractivity contribution in [3.8, 4) is 0 Å². The molecule has 0 saturated carbocycles. The van der Waals surface area contributed by atoms with Gasteiger partial charge >= 0.3 is 5.69 Å². The number of thiophene rings is 1. The van der Waals surface area contributed by atoms with Crippen LogP contribution in [0, 0.1) is 24.0 Å². The summed E-state index contributed by atoms with van der Waals surface area (Å²) in [5, 5.41) is 18.3. The number of primary amides is 1. The van der Waals surface area contributed by atoms with Crippen molar-refractivity contribution in [3.05, 3.63) is 37.5 Å². The summed E-state index contributed by atoms with van der Waals surface area (Å²) < 4.78 is 1.29. The maximum atomic E-state index is 12.4. The molecule has 0 aromatic carbocycles. The summed E-state index contributed by atoms with van der Waals surface area (Å²) in [5.74, 6) is -0.965. The quantitative estimate of drug-likeness (QED) is 0.608. The average molecular weight is 377 g/mol. The van der Waals surface area contributed by atoms with Crippen LogP contribution in [-0.2, 0) is 24.2 Å². The van der Waals surface area contributed by atoms with Crippen LogP contribution in [0.5, 0.6) is 0 Å². The molecule has 0 aliphatic heterocycles. The number of aryl methyl sites for hydroxylation is 2. The van der Waals surface area contributed by atoms with Gasteiger partial charge in [-0.25, -0.2) is 0 Å². The van der Waals surface area contributed by atoms with E-state index in [0.29, 0.717) is 16.3 Å². The first-order valence-electron chi connectivity index (χ1n) is 8.22. The van der Waals surface area contributed by atoms with Gasteiger partial charge in [-0.2, -0.15) is 5.10 Å². The lowest BCUT2D eigenvalue weighted by Crippen LogP contribution is -2.22. The molecule has 0 bridgehead atoms. The molecular formula is C16H19N5O4S. The van der Waals surface area contributed by atoms with Crippen LogP contribution in [0.3, 0.4) is 0 Å². The summed E-state index contributed by atoms with van der Waals surface area (Å²) in [6.45, 7) is 2.89. The molecule has 2 aromatic heterocycles. The molecule has 3 rings (SSSR count). The lowest BCUT2D eigenvalue weighted by Gasteiger charge is -2.11. The second-order valence-corrected chi connectivity index (χ2v) is 7.37. The fraction of sp³-hybridized carbons (Fsp3) is 0.438. The Morgan fingerprint density at radius 2 is 2.04 bits per heavy atom. The van der Waals surface area contributed by atoms with Crippen LogP contribution in [0.15, 0.2) is 0 Å². The predicted molar refractivity (Wildman–Crippen MR) is 96.5 cm³/mol. The molecular weight excluding hydrogens is 358 g/mol. The first-order valence-corrected chi connectivity index (χ1v) is 9.03. The van der Waals surface area contributed by atoms with Crippen molar-refractivity contribution in [2.24, 2.45) is 5.73 Å². The number of aromatic nitrogens is 2. The number of nitrogens with one attached hydrogen (secondary N) is 1. The summed E-state index contributed by atoms with van der Waals surface area (Å²) in [4.78, 5) is 35.9. The van der Waals surface area contributed by atoms with Gasteiger partial charge in [-0.15, -0.1) is 11.3 Å². The Hall–Kier alpha value is -2.75. The van der Waals surface area contributed by atoms with E-state index in [1.807, 2.05) is 0 Å². The van der Waals surface area contributed by atoms with Crippen molar-refractivity contribution in [3.63, 3.8) is 0 Å². The Morgan fingerprint density at radius 3 is 2.65 bits per heavy atom. The van der Waals surface area contributed by atoms with Gasteiger partial charge in [0.15, 0.2) is 0 Å². The Kier molecular flexibility index (Phi) is 4.77. The van der Waals surface area contributed by atoms with Crippen molar-refractivity contribution < 1.29 is 14.5 Å². The summed E-state index contributed by atoms with van der Waals surface area (Å²) in [5.41, 5.74) is 7.31. The third-order valence-electron chi connectivity index (χ3n) is 4.49. The van der Waals surface area contributed by atoms with Crippen molar-refractivity contribution in [2.45, 2.75) is 46.1 Å². The number of amides is 2. The smallest absolute Gasteiger partial charge is 0.312 e. The molecule has 0 fully saturated rings. The topological polar surface area (TPSA) is 133 Å². The Labute approximate surface area is 153 Å². The lowest BCUT2D eigenvalue weighted by atomic mass is 9.95. The van der Waals surface area contributed by atoms with E-state index in [4.69, 9.17) is 5.73 Å². The highest BCUT2D eigenvalue weighted by atomic mass is 32.1. The molecule has 0 unspecified atom stereocenters. The second-order valence-electron chi connectivity index (χ2n) is 6.26. The summed E-state index contributed by atoms with van der Waals surface area (Å²) >= 11 is 1.38. The third-order valence-corrected chi connectivity index (χ3v) is 5.70. The van der Waals surface area contributed by atoms with Gasteiger partial charge in [0.1, 0.15) is 22.9 Å². The van der Waals surface area contributed by atoms with Gasteiger partial charge in [0.2, 0.25) is 5.91 Å². The number of rotatable bonds is 5. The molecule has 0 saturated heterocycles. The van der Waals surface area contributed by atoms with Crippen LogP contribution in [0.1, 0.15) is 45.0 Å². The molecule has 3 N–H and O–H groups in total. The van der Waals surface area contributed by atoms with Crippen LogP contribution in [-0.4, -0.2) is 26.5 Å². The van der Waals surface area contributed by atoms with E-state index in [1.165, 1.54) is 22.9 Å². The number of fused-ring (bicyclic) bond motifs is 1. The predicted octanol–water partition coefficient (Wildman–Crippen LogP) is 2.09. The van der Waals surface area contributed by atoms with Gasteiger partial charge in [-0.05, 0) is 45.1 Å². The van der Waals surface area contributed by atoms with Gasteiger partial charge in [0.25, 0.3) is 5.91 Å². The monoisotopic (exact) mass is 377 g/mol. The van der Waals surface area contributed by atoms with E-state index in [2.05, 4.69) is 10.4 Å². The Morgan fingerprint density at radius 1 is 1.35 bits per heavy atom. The average Bonchev–Trinajstić information content (AvgIpc) is 3.04. The maximum Gasteiger partial charge on any atom is 0.312 e. The molecule has 0 radical (unpaired) electrons.